The Labute approximate surface area is 201 Å². The first-order valence-electron chi connectivity index (χ1n) is 10.4. The summed E-state index contributed by atoms with van der Waals surface area (Å²) in [5.74, 6) is 0.379. The summed E-state index contributed by atoms with van der Waals surface area (Å²) >= 11 is 0. The monoisotopic (exact) mass is 473 g/mol. The molecular formula is C26H23N3O6. The highest BCUT2D eigenvalue weighted by molar-refractivity contribution is 6.05. The van der Waals surface area contributed by atoms with Gasteiger partial charge in [-0.15, -0.1) is 0 Å². The zero-order valence-corrected chi connectivity index (χ0v) is 19.1. The molecular weight excluding hydrogens is 450 g/mol. The standard InChI is InChI=1S/C26H23N3O6/c1-34-21-10-3-18(4-11-21)7-15-25(30)27-20-9-14-24(29(32)33)23(17-20)28-26(31)16-8-19-5-12-22(35-2)13-6-19/h3-17H,1-2H3,(H,27,30)(H,28,31)/b15-7-,16-8-. The molecule has 3 rings (SSSR count). The average Bonchev–Trinajstić information content (AvgIpc) is 2.87. The molecule has 0 aliphatic carbocycles. The first kappa shape index (κ1) is 24.7. The summed E-state index contributed by atoms with van der Waals surface area (Å²) < 4.78 is 10.2. The maximum atomic E-state index is 12.4. The fraction of sp³-hybridized carbons (Fsp3) is 0.0769. The highest BCUT2D eigenvalue weighted by Gasteiger charge is 2.16. The number of methoxy groups -OCH3 is 2. The number of hydrogen-bond donors (Lipinski definition) is 2. The summed E-state index contributed by atoms with van der Waals surface area (Å²) in [5, 5.41) is 16.5. The van der Waals surface area contributed by atoms with E-state index in [1.165, 1.54) is 30.4 Å². The van der Waals surface area contributed by atoms with Gasteiger partial charge in [-0.05, 0) is 59.7 Å². The summed E-state index contributed by atoms with van der Waals surface area (Å²) in [7, 11) is 3.12. The lowest BCUT2D eigenvalue weighted by Crippen LogP contribution is -2.12. The molecule has 0 aliphatic heterocycles. The maximum Gasteiger partial charge on any atom is 0.292 e. The summed E-state index contributed by atoms with van der Waals surface area (Å²) in [6.45, 7) is 0. The van der Waals surface area contributed by atoms with Gasteiger partial charge in [-0.3, -0.25) is 19.7 Å². The zero-order valence-electron chi connectivity index (χ0n) is 19.1. The first-order chi connectivity index (χ1) is 16.9. The van der Waals surface area contributed by atoms with Crippen molar-refractivity contribution in [3.63, 3.8) is 0 Å². The molecule has 9 heteroatoms. The molecule has 0 unspecified atom stereocenters. The number of nitro benzene ring substituents is 1. The number of nitrogens with one attached hydrogen (secondary N) is 2. The lowest BCUT2D eigenvalue weighted by Gasteiger charge is -2.08. The van der Waals surface area contributed by atoms with E-state index < -0.39 is 16.7 Å². The van der Waals surface area contributed by atoms with Crippen molar-refractivity contribution in [1.29, 1.82) is 0 Å². The molecule has 0 saturated heterocycles. The van der Waals surface area contributed by atoms with E-state index in [9.17, 15) is 19.7 Å². The van der Waals surface area contributed by atoms with E-state index in [1.807, 2.05) is 0 Å². The number of carbonyl (C=O) groups is 2. The largest absolute Gasteiger partial charge is 0.497 e. The molecule has 2 N–H and O–H groups in total. The predicted octanol–water partition coefficient (Wildman–Crippen LogP) is 4.92. The van der Waals surface area contributed by atoms with E-state index in [2.05, 4.69) is 10.6 Å². The summed E-state index contributed by atoms with van der Waals surface area (Å²) in [4.78, 5) is 35.5. The molecule has 0 fully saturated rings. The molecule has 2 amide bonds. The van der Waals surface area contributed by atoms with Crippen LogP contribution in [0, 0.1) is 10.1 Å². The van der Waals surface area contributed by atoms with Gasteiger partial charge in [0.05, 0.1) is 19.1 Å². The Bertz CT molecular complexity index is 1270. The molecule has 178 valence electrons. The van der Waals surface area contributed by atoms with E-state index >= 15 is 0 Å². The Morgan fingerprint density at radius 2 is 1.26 bits per heavy atom. The molecule has 0 aromatic heterocycles. The van der Waals surface area contributed by atoms with Gasteiger partial charge >= 0.3 is 0 Å². The lowest BCUT2D eigenvalue weighted by molar-refractivity contribution is -0.383. The van der Waals surface area contributed by atoms with Crippen LogP contribution >= 0.6 is 0 Å². The SMILES string of the molecule is COc1ccc(/C=C\C(=O)Nc2ccc([N+](=O)[O-])c(NC(=O)/C=C\c3ccc(OC)cc3)c2)cc1. The van der Waals surface area contributed by atoms with Crippen molar-refractivity contribution in [2.45, 2.75) is 0 Å². The Balaban J connectivity index is 1.69. The highest BCUT2D eigenvalue weighted by atomic mass is 16.6. The van der Waals surface area contributed by atoms with Crippen LogP contribution in [0.5, 0.6) is 11.5 Å². The quantitative estimate of drug-likeness (QED) is 0.259. The Morgan fingerprint density at radius 1 is 0.771 bits per heavy atom. The third kappa shape index (κ3) is 7.29. The number of carbonyl (C=O) groups excluding carboxylic acids is 2. The van der Waals surface area contributed by atoms with Crippen molar-refractivity contribution < 1.29 is 24.0 Å². The number of nitro groups is 1. The molecule has 0 saturated carbocycles. The van der Waals surface area contributed by atoms with Crippen LogP contribution in [-0.4, -0.2) is 31.0 Å². The highest BCUT2D eigenvalue weighted by Crippen LogP contribution is 2.28. The topological polar surface area (TPSA) is 120 Å². The second-order valence-electron chi connectivity index (χ2n) is 7.18. The van der Waals surface area contributed by atoms with Gasteiger partial charge in [0.15, 0.2) is 0 Å². The van der Waals surface area contributed by atoms with Crippen molar-refractivity contribution in [2.75, 3.05) is 24.9 Å². The summed E-state index contributed by atoms with van der Waals surface area (Å²) in [6, 6.07) is 18.1. The number of ether oxygens (including phenoxy) is 2. The first-order valence-corrected chi connectivity index (χ1v) is 10.4. The van der Waals surface area contributed by atoms with Crippen LogP contribution < -0.4 is 20.1 Å². The molecule has 9 nitrogen and oxygen atoms in total. The van der Waals surface area contributed by atoms with Gasteiger partial charge in [-0.1, -0.05) is 24.3 Å². The van der Waals surface area contributed by atoms with Crippen molar-refractivity contribution in [3.05, 3.63) is 100 Å². The van der Waals surface area contributed by atoms with Crippen LogP contribution in [0.25, 0.3) is 12.2 Å². The Hall–Kier alpha value is -4.92. The van der Waals surface area contributed by atoms with Crippen LogP contribution in [0.1, 0.15) is 11.1 Å². The van der Waals surface area contributed by atoms with Gasteiger partial charge < -0.3 is 20.1 Å². The minimum absolute atomic E-state index is 0.0451. The minimum atomic E-state index is -0.613. The third-order valence-corrected chi connectivity index (χ3v) is 4.80. The van der Waals surface area contributed by atoms with Crippen LogP contribution in [0.15, 0.2) is 78.9 Å². The molecule has 0 spiro atoms. The van der Waals surface area contributed by atoms with Gasteiger partial charge in [0.2, 0.25) is 11.8 Å². The fourth-order valence-electron chi connectivity index (χ4n) is 3.01. The molecule has 0 bridgehead atoms. The van der Waals surface area contributed by atoms with Crippen LogP contribution in [-0.2, 0) is 9.59 Å². The second-order valence-corrected chi connectivity index (χ2v) is 7.18. The van der Waals surface area contributed by atoms with Crippen LogP contribution in [0.3, 0.4) is 0 Å². The smallest absolute Gasteiger partial charge is 0.292 e. The molecule has 35 heavy (non-hydrogen) atoms. The number of nitrogens with zero attached hydrogens (tertiary/aromatic N) is 1. The van der Waals surface area contributed by atoms with Gasteiger partial charge in [-0.2, -0.15) is 0 Å². The van der Waals surface area contributed by atoms with E-state index in [0.29, 0.717) is 11.5 Å². The van der Waals surface area contributed by atoms with E-state index in [-0.39, 0.29) is 17.1 Å². The minimum Gasteiger partial charge on any atom is -0.497 e. The average molecular weight is 473 g/mol. The van der Waals surface area contributed by atoms with Crippen molar-refractivity contribution >= 4 is 41.0 Å². The molecule has 3 aromatic rings. The fourth-order valence-corrected chi connectivity index (χ4v) is 3.01. The number of anilines is 2. The van der Waals surface area contributed by atoms with Crippen molar-refractivity contribution in [2.24, 2.45) is 0 Å². The van der Waals surface area contributed by atoms with E-state index in [0.717, 1.165) is 11.1 Å². The summed E-state index contributed by atoms with van der Waals surface area (Å²) in [6.07, 6.45) is 5.77. The van der Waals surface area contributed by atoms with Crippen LogP contribution in [0.4, 0.5) is 17.1 Å². The molecule has 3 aromatic carbocycles. The van der Waals surface area contributed by atoms with Crippen molar-refractivity contribution in [3.8, 4) is 11.5 Å². The summed E-state index contributed by atoms with van der Waals surface area (Å²) in [5.41, 5.74) is 1.48. The van der Waals surface area contributed by atoms with Gasteiger partial charge in [0, 0.05) is 23.9 Å². The number of amides is 2. The van der Waals surface area contributed by atoms with Crippen LogP contribution in [0.2, 0.25) is 0 Å². The van der Waals surface area contributed by atoms with Crippen molar-refractivity contribution in [1.82, 2.24) is 0 Å². The van der Waals surface area contributed by atoms with Gasteiger partial charge in [0.25, 0.3) is 5.69 Å². The zero-order chi connectivity index (χ0) is 25.2. The Kier molecular flexibility index (Phi) is 8.33. The van der Waals surface area contributed by atoms with Gasteiger partial charge in [0.1, 0.15) is 17.2 Å². The molecule has 0 atom stereocenters. The predicted molar refractivity (Wildman–Crippen MR) is 134 cm³/mol. The molecule has 0 radical (unpaired) electrons. The number of benzene rings is 3. The third-order valence-electron chi connectivity index (χ3n) is 4.80. The number of rotatable bonds is 9. The normalized spacial score (nSPS) is 10.8. The van der Waals surface area contributed by atoms with Gasteiger partial charge in [-0.25, -0.2) is 0 Å². The maximum absolute atomic E-state index is 12.4. The second kappa shape index (κ2) is 11.8. The Morgan fingerprint density at radius 3 is 1.71 bits per heavy atom. The van der Waals surface area contributed by atoms with E-state index in [1.54, 1.807) is 74.9 Å². The lowest BCUT2D eigenvalue weighted by atomic mass is 10.2. The molecule has 0 heterocycles. The number of hydrogen-bond acceptors (Lipinski definition) is 6. The molecule has 0 aliphatic rings. The van der Waals surface area contributed by atoms with E-state index in [4.69, 9.17) is 9.47 Å².